The SMILES string of the molecule is N[C@H]1CCN(C(=O)CCc2nc(-c3ccc(Br)cc3)no2)C1. The first-order valence-corrected chi connectivity index (χ1v) is 8.03. The van der Waals surface area contributed by atoms with Crippen molar-refractivity contribution in [3.63, 3.8) is 0 Å². The number of nitrogens with two attached hydrogens (primary N) is 1. The number of benzene rings is 1. The van der Waals surface area contributed by atoms with Gasteiger partial charge in [-0.3, -0.25) is 4.79 Å². The normalized spacial score (nSPS) is 17.9. The van der Waals surface area contributed by atoms with Crippen molar-refractivity contribution in [2.24, 2.45) is 5.73 Å². The van der Waals surface area contributed by atoms with Gasteiger partial charge in [-0.1, -0.05) is 21.1 Å². The molecule has 0 aliphatic carbocycles. The van der Waals surface area contributed by atoms with E-state index in [0.717, 1.165) is 23.0 Å². The summed E-state index contributed by atoms with van der Waals surface area (Å²) in [4.78, 5) is 18.2. The van der Waals surface area contributed by atoms with Crippen LogP contribution in [0, 0.1) is 0 Å². The zero-order chi connectivity index (χ0) is 15.5. The molecule has 1 aliphatic heterocycles. The van der Waals surface area contributed by atoms with Crippen LogP contribution < -0.4 is 5.73 Å². The Kier molecular flexibility index (Phi) is 4.54. The molecule has 1 amide bonds. The molecule has 0 saturated carbocycles. The molecule has 1 aliphatic rings. The number of halogens is 1. The first-order chi connectivity index (χ1) is 10.6. The van der Waals surface area contributed by atoms with Crippen molar-refractivity contribution in [3.05, 3.63) is 34.6 Å². The topological polar surface area (TPSA) is 85.2 Å². The largest absolute Gasteiger partial charge is 0.341 e. The van der Waals surface area contributed by atoms with Crippen LogP contribution in [0.4, 0.5) is 0 Å². The van der Waals surface area contributed by atoms with Gasteiger partial charge in [0, 0.05) is 42.0 Å². The molecule has 22 heavy (non-hydrogen) atoms. The van der Waals surface area contributed by atoms with Crippen molar-refractivity contribution in [1.82, 2.24) is 15.0 Å². The van der Waals surface area contributed by atoms with E-state index in [1.54, 1.807) is 4.90 Å². The number of hydrogen-bond acceptors (Lipinski definition) is 5. The fourth-order valence-electron chi connectivity index (χ4n) is 2.46. The van der Waals surface area contributed by atoms with Crippen LogP contribution in [0.3, 0.4) is 0 Å². The molecule has 7 heteroatoms. The van der Waals surface area contributed by atoms with E-state index in [9.17, 15) is 4.79 Å². The molecule has 1 aromatic carbocycles. The molecule has 2 heterocycles. The second kappa shape index (κ2) is 6.58. The highest BCUT2D eigenvalue weighted by Gasteiger charge is 2.23. The number of amides is 1. The summed E-state index contributed by atoms with van der Waals surface area (Å²) < 4.78 is 6.21. The Bertz CT molecular complexity index is 656. The van der Waals surface area contributed by atoms with E-state index in [0.29, 0.717) is 31.1 Å². The molecule has 1 saturated heterocycles. The summed E-state index contributed by atoms with van der Waals surface area (Å²) in [5.41, 5.74) is 6.69. The Morgan fingerprint density at radius 2 is 2.18 bits per heavy atom. The summed E-state index contributed by atoms with van der Waals surface area (Å²) in [5, 5.41) is 3.96. The van der Waals surface area contributed by atoms with Gasteiger partial charge in [-0.25, -0.2) is 0 Å². The van der Waals surface area contributed by atoms with Crippen molar-refractivity contribution >= 4 is 21.8 Å². The van der Waals surface area contributed by atoms with Crippen molar-refractivity contribution in [2.45, 2.75) is 25.3 Å². The number of aromatic nitrogens is 2. The maximum absolute atomic E-state index is 12.1. The minimum Gasteiger partial charge on any atom is -0.341 e. The highest BCUT2D eigenvalue weighted by molar-refractivity contribution is 9.10. The van der Waals surface area contributed by atoms with Crippen LogP contribution in [-0.4, -0.2) is 40.1 Å². The van der Waals surface area contributed by atoms with Crippen LogP contribution in [-0.2, 0) is 11.2 Å². The van der Waals surface area contributed by atoms with E-state index in [4.69, 9.17) is 10.3 Å². The van der Waals surface area contributed by atoms with Crippen LogP contribution in [0.25, 0.3) is 11.4 Å². The van der Waals surface area contributed by atoms with Gasteiger partial charge in [0.1, 0.15) is 0 Å². The Hall–Kier alpha value is -1.73. The van der Waals surface area contributed by atoms with Gasteiger partial charge in [0.15, 0.2) is 0 Å². The fraction of sp³-hybridized carbons (Fsp3) is 0.400. The number of likely N-dealkylation sites (tertiary alicyclic amines) is 1. The smallest absolute Gasteiger partial charge is 0.227 e. The van der Waals surface area contributed by atoms with Gasteiger partial charge in [0.25, 0.3) is 0 Å². The van der Waals surface area contributed by atoms with E-state index in [-0.39, 0.29) is 11.9 Å². The standard InChI is InChI=1S/C15H17BrN4O2/c16-11-3-1-10(2-4-11)15-18-13(22-19-15)5-6-14(21)20-8-7-12(17)9-20/h1-4,12H,5-9,17H2/t12-/m0/s1. The second-order valence-electron chi connectivity index (χ2n) is 5.41. The van der Waals surface area contributed by atoms with E-state index in [1.165, 1.54) is 0 Å². The molecule has 1 aromatic heterocycles. The molecular formula is C15H17BrN4O2. The van der Waals surface area contributed by atoms with Gasteiger partial charge in [0.05, 0.1) is 0 Å². The average Bonchev–Trinajstić information content (AvgIpc) is 3.15. The molecule has 0 radical (unpaired) electrons. The lowest BCUT2D eigenvalue weighted by molar-refractivity contribution is -0.130. The number of rotatable bonds is 4. The molecule has 3 rings (SSSR count). The fourth-order valence-corrected chi connectivity index (χ4v) is 2.72. The first kappa shape index (κ1) is 15.2. The van der Waals surface area contributed by atoms with Crippen molar-refractivity contribution in [2.75, 3.05) is 13.1 Å². The number of nitrogens with zero attached hydrogens (tertiary/aromatic N) is 3. The molecular weight excluding hydrogens is 348 g/mol. The molecule has 116 valence electrons. The van der Waals surface area contributed by atoms with E-state index in [2.05, 4.69) is 26.1 Å². The molecule has 2 aromatic rings. The van der Waals surface area contributed by atoms with E-state index >= 15 is 0 Å². The summed E-state index contributed by atoms with van der Waals surface area (Å²) in [6.07, 6.45) is 1.70. The maximum Gasteiger partial charge on any atom is 0.227 e. The lowest BCUT2D eigenvalue weighted by atomic mass is 10.2. The monoisotopic (exact) mass is 364 g/mol. The van der Waals surface area contributed by atoms with Gasteiger partial charge >= 0.3 is 0 Å². The highest BCUT2D eigenvalue weighted by atomic mass is 79.9. The summed E-state index contributed by atoms with van der Waals surface area (Å²) in [5.74, 6) is 1.12. The van der Waals surface area contributed by atoms with Crippen molar-refractivity contribution in [1.29, 1.82) is 0 Å². The molecule has 6 nitrogen and oxygen atoms in total. The molecule has 0 bridgehead atoms. The summed E-state index contributed by atoms with van der Waals surface area (Å²) >= 11 is 3.39. The second-order valence-corrected chi connectivity index (χ2v) is 6.32. The molecule has 1 atom stereocenters. The molecule has 1 fully saturated rings. The number of carbonyl (C=O) groups is 1. The van der Waals surface area contributed by atoms with Crippen molar-refractivity contribution in [3.8, 4) is 11.4 Å². The van der Waals surface area contributed by atoms with Crippen LogP contribution >= 0.6 is 15.9 Å². The van der Waals surface area contributed by atoms with Crippen LogP contribution in [0.1, 0.15) is 18.7 Å². The summed E-state index contributed by atoms with van der Waals surface area (Å²) in [6, 6.07) is 7.78. The third-order valence-corrected chi connectivity index (χ3v) is 4.23. The number of carbonyl (C=O) groups excluding carboxylic acids is 1. The summed E-state index contributed by atoms with van der Waals surface area (Å²) in [7, 11) is 0. The van der Waals surface area contributed by atoms with E-state index < -0.39 is 0 Å². The van der Waals surface area contributed by atoms with Crippen LogP contribution in [0.2, 0.25) is 0 Å². The third kappa shape index (κ3) is 3.53. The van der Waals surface area contributed by atoms with Gasteiger partial charge < -0.3 is 15.2 Å². The van der Waals surface area contributed by atoms with Crippen LogP contribution in [0.15, 0.2) is 33.3 Å². The molecule has 0 spiro atoms. The zero-order valence-corrected chi connectivity index (χ0v) is 13.6. The van der Waals surface area contributed by atoms with E-state index in [1.807, 2.05) is 24.3 Å². The van der Waals surface area contributed by atoms with Gasteiger partial charge in [-0.05, 0) is 30.7 Å². The highest BCUT2D eigenvalue weighted by Crippen LogP contribution is 2.19. The van der Waals surface area contributed by atoms with Gasteiger partial charge in [-0.2, -0.15) is 4.98 Å². The Morgan fingerprint density at radius 3 is 2.86 bits per heavy atom. The van der Waals surface area contributed by atoms with Gasteiger partial charge in [0.2, 0.25) is 17.6 Å². The number of hydrogen-bond donors (Lipinski definition) is 1. The van der Waals surface area contributed by atoms with Gasteiger partial charge in [-0.15, -0.1) is 0 Å². The first-order valence-electron chi connectivity index (χ1n) is 7.23. The minimum absolute atomic E-state index is 0.0938. The Balaban J connectivity index is 1.58. The van der Waals surface area contributed by atoms with Crippen molar-refractivity contribution < 1.29 is 9.32 Å². The Labute approximate surface area is 136 Å². The number of aryl methyl sites for hydroxylation is 1. The minimum atomic E-state index is 0.0938. The quantitative estimate of drug-likeness (QED) is 0.896. The summed E-state index contributed by atoms with van der Waals surface area (Å²) in [6.45, 7) is 1.39. The maximum atomic E-state index is 12.1. The zero-order valence-electron chi connectivity index (χ0n) is 12.0. The molecule has 0 unspecified atom stereocenters. The predicted octanol–water partition coefficient (Wildman–Crippen LogP) is 1.99. The predicted molar refractivity (Wildman–Crippen MR) is 84.9 cm³/mol. The average molecular weight is 365 g/mol. The molecule has 2 N–H and O–H groups in total. The Morgan fingerprint density at radius 1 is 1.41 bits per heavy atom. The van der Waals surface area contributed by atoms with Crippen LogP contribution in [0.5, 0.6) is 0 Å². The lowest BCUT2D eigenvalue weighted by Crippen LogP contribution is -2.31. The lowest BCUT2D eigenvalue weighted by Gasteiger charge is -2.14. The third-order valence-electron chi connectivity index (χ3n) is 3.70.